The van der Waals surface area contributed by atoms with Crippen LogP contribution >= 0.6 is 0 Å². The van der Waals surface area contributed by atoms with E-state index >= 15 is 0 Å². The van der Waals surface area contributed by atoms with E-state index in [1.165, 1.54) is 6.42 Å². The summed E-state index contributed by atoms with van der Waals surface area (Å²) in [7, 11) is 0. The summed E-state index contributed by atoms with van der Waals surface area (Å²) in [6.45, 7) is 4.99. The van der Waals surface area contributed by atoms with E-state index in [0.29, 0.717) is 6.54 Å². The van der Waals surface area contributed by atoms with Crippen molar-refractivity contribution < 1.29 is 4.79 Å². The number of amides is 1. The Balaban J connectivity index is 2.37. The van der Waals surface area contributed by atoms with E-state index in [9.17, 15) is 4.79 Å². The van der Waals surface area contributed by atoms with Crippen LogP contribution in [0.5, 0.6) is 0 Å². The summed E-state index contributed by atoms with van der Waals surface area (Å²) in [5.41, 5.74) is -0.486. The molecule has 1 aliphatic rings. The van der Waals surface area contributed by atoms with Crippen LogP contribution < -0.4 is 10.6 Å². The van der Waals surface area contributed by atoms with Gasteiger partial charge in [-0.05, 0) is 33.2 Å². The zero-order chi connectivity index (χ0) is 12.0. The van der Waals surface area contributed by atoms with Crippen molar-refractivity contribution in [2.24, 2.45) is 5.41 Å². The summed E-state index contributed by atoms with van der Waals surface area (Å²) in [5.74, 6) is 0.0326. The molecule has 4 heteroatoms. The molecule has 4 nitrogen and oxygen atoms in total. The molecule has 0 spiro atoms. The molecule has 1 rings (SSSR count). The van der Waals surface area contributed by atoms with Crippen LogP contribution in [0.15, 0.2) is 0 Å². The van der Waals surface area contributed by atoms with Crippen LogP contribution in [0.25, 0.3) is 0 Å². The fourth-order valence-electron chi connectivity index (χ4n) is 1.72. The molecule has 0 bridgehead atoms. The zero-order valence-corrected chi connectivity index (χ0v) is 10.2. The normalized spacial score (nSPS) is 21.9. The first-order valence-electron chi connectivity index (χ1n) is 5.97. The Morgan fingerprint density at radius 1 is 1.50 bits per heavy atom. The molecule has 1 unspecified atom stereocenters. The van der Waals surface area contributed by atoms with Gasteiger partial charge in [0, 0.05) is 6.54 Å². The number of nitriles is 1. The highest BCUT2D eigenvalue weighted by Crippen LogP contribution is 2.12. The maximum Gasteiger partial charge on any atom is 0.237 e. The smallest absolute Gasteiger partial charge is 0.237 e. The molecule has 1 atom stereocenters. The SMILES string of the molecule is CC(C)(C#N)CNC(=O)C1CCCCCN1. The van der Waals surface area contributed by atoms with E-state index in [1.807, 2.05) is 13.8 Å². The minimum Gasteiger partial charge on any atom is -0.353 e. The third kappa shape index (κ3) is 4.19. The topological polar surface area (TPSA) is 64.9 Å². The van der Waals surface area contributed by atoms with Crippen molar-refractivity contribution in [2.75, 3.05) is 13.1 Å². The van der Waals surface area contributed by atoms with Crippen molar-refractivity contribution >= 4 is 5.91 Å². The van der Waals surface area contributed by atoms with Crippen LogP contribution in [0.3, 0.4) is 0 Å². The molecule has 0 saturated carbocycles. The molecule has 1 saturated heterocycles. The lowest BCUT2D eigenvalue weighted by Crippen LogP contribution is -2.46. The van der Waals surface area contributed by atoms with E-state index in [2.05, 4.69) is 16.7 Å². The van der Waals surface area contributed by atoms with Gasteiger partial charge in [0.1, 0.15) is 0 Å². The Bertz CT molecular complexity index is 272. The van der Waals surface area contributed by atoms with Crippen LogP contribution in [0.1, 0.15) is 39.5 Å². The second-order valence-corrected chi connectivity index (χ2v) is 5.07. The molecule has 90 valence electrons. The van der Waals surface area contributed by atoms with Gasteiger partial charge in [0.25, 0.3) is 0 Å². The van der Waals surface area contributed by atoms with Gasteiger partial charge in [0.05, 0.1) is 17.5 Å². The van der Waals surface area contributed by atoms with Gasteiger partial charge in [0.2, 0.25) is 5.91 Å². The van der Waals surface area contributed by atoms with Gasteiger partial charge < -0.3 is 10.6 Å². The number of hydrogen-bond acceptors (Lipinski definition) is 3. The summed E-state index contributed by atoms with van der Waals surface area (Å²) < 4.78 is 0. The fraction of sp³-hybridized carbons (Fsp3) is 0.833. The predicted octanol–water partition coefficient (Wildman–Crippen LogP) is 1.18. The highest BCUT2D eigenvalue weighted by molar-refractivity contribution is 5.81. The van der Waals surface area contributed by atoms with Crippen LogP contribution in [-0.4, -0.2) is 25.0 Å². The monoisotopic (exact) mass is 223 g/mol. The number of nitrogens with one attached hydrogen (secondary N) is 2. The molecular weight excluding hydrogens is 202 g/mol. The molecule has 0 aromatic rings. The highest BCUT2D eigenvalue weighted by Gasteiger charge is 2.22. The largest absolute Gasteiger partial charge is 0.353 e. The molecule has 0 aromatic carbocycles. The first-order valence-corrected chi connectivity index (χ1v) is 5.97. The number of rotatable bonds is 3. The number of hydrogen-bond donors (Lipinski definition) is 2. The van der Waals surface area contributed by atoms with Crippen molar-refractivity contribution in [1.29, 1.82) is 5.26 Å². The van der Waals surface area contributed by atoms with E-state index in [1.54, 1.807) is 0 Å². The van der Waals surface area contributed by atoms with E-state index in [-0.39, 0.29) is 11.9 Å². The first kappa shape index (κ1) is 13.0. The average molecular weight is 223 g/mol. The number of carbonyl (C=O) groups is 1. The van der Waals surface area contributed by atoms with Gasteiger partial charge in [-0.15, -0.1) is 0 Å². The summed E-state index contributed by atoms with van der Waals surface area (Å²) in [5, 5.41) is 14.9. The molecule has 16 heavy (non-hydrogen) atoms. The summed E-state index contributed by atoms with van der Waals surface area (Å²) in [4.78, 5) is 11.8. The lowest BCUT2D eigenvalue weighted by molar-refractivity contribution is -0.123. The zero-order valence-electron chi connectivity index (χ0n) is 10.2. The Morgan fingerprint density at radius 3 is 2.94 bits per heavy atom. The van der Waals surface area contributed by atoms with Gasteiger partial charge in [-0.25, -0.2) is 0 Å². The molecule has 1 amide bonds. The van der Waals surface area contributed by atoms with Crippen LogP contribution in [0, 0.1) is 16.7 Å². The van der Waals surface area contributed by atoms with Crippen LogP contribution in [0.4, 0.5) is 0 Å². The molecule has 1 aliphatic heterocycles. The van der Waals surface area contributed by atoms with Crippen LogP contribution in [0.2, 0.25) is 0 Å². The second kappa shape index (κ2) is 5.86. The first-order chi connectivity index (χ1) is 7.55. The number of carbonyl (C=O) groups excluding carboxylic acids is 1. The molecule has 1 fully saturated rings. The second-order valence-electron chi connectivity index (χ2n) is 5.07. The number of nitrogens with zero attached hydrogens (tertiary/aromatic N) is 1. The Morgan fingerprint density at radius 2 is 2.25 bits per heavy atom. The molecule has 1 heterocycles. The summed E-state index contributed by atoms with van der Waals surface area (Å²) >= 11 is 0. The lowest BCUT2D eigenvalue weighted by Gasteiger charge is -2.20. The minimum atomic E-state index is -0.486. The van der Waals surface area contributed by atoms with Gasteiger partial charge in [-0.3, -0.25) is 4.79 Å². The fourth-order valence-corrected chi connectivity index (χ4v) is 1.72. The van der Waals surface area contributed by atoms with E-state index in [4.69, 9.17) is 5.26 Å². The quantitative estimate of drug-likeness (QED) is 0.755. The van der Waals surface area contributed by atoms with E-state index < -0.39 is 5.41 Å². The minimum absolute atomic E-state index is 0.0326. The third-order valence-electron chi connectivity index (χ3n) is 2.88. The van der Waals surface area contributed by atoms with Crippen molar-refractivity contribution in [3.05, 3.63) is 0 Å². The Kier molecular flexibility index (Phi) is 4.75. The molecular formula is C12H21N3O. The summed E-state index contributed by atoms with van der Waals surface area (Å²) in [6.07, 6.45) is 4.35. The predicted molar refractivity (Wildman–Crippen MR) is 62.7 cm³/mol. The highest BCUT2D eigenvalue weighted by atomic mass is 16.2. The van der Waals surface area contributed by atoms with Gasteiger partial charge in [-0.1, -0.05) is 12.8 Å². The van der Waals surface area contributed by atoms with Crippen LogP contribution in [-0.2, 0) is 4.79 Å². The summed E-state index contributed by atoms with van der Waals surface area (Å²) in [6, 6.07) is 2.10. The van der Waals surface area contributed by atoms with Gasteiger partial charge in [0.15, 0.2) is 0 Å². The molecule has 0 aromatic heterocycles. The maximum atomic E-state index is 11.8. The standard InChI is InChI=1S/C12H21N3O/c1-12(2,8-13)9-15-11(16)10-6-4-3-5-7-14-10/h10,14H,3-7,9H2,1-2H3,(H,15,16). The average Bonchev–Trinajstić information content (AvgIpc) is 2.54. The van der Waals surface area contributed by atoms with E-state index in [0.717, 1.165) is 25.8 Å². The molecule has 2 N–H and O–H groups in total. The lowest BCUT2D eigenvalue weighted by atomic mass is 9.96. The van der Waals surface area contributed by atoms with Crippen molar-refractivity contribution in [3.63, 3.8) is 0 Å². The van der Waals surface area contributed by atoms with Gasteiger partial charge in [-0.2, -0.15) is 5.26 Å². The van der Waals surface area contributed by atoms with Crippen molar-refractivity contribution in [3.8, 4) is 6.07 Å². The Hall–Kier alpha value is -1.08. The third-order valence-corrected chi connectivity index (χ3v) is 2.88. The Labute approximate surface area is 97.4 Å². The molecule has 0 aliphatic carbocycles. The maximum absolute atomic E-state index is 11.8. The molecule has 0 radical (unpaired) electrons. The van der Waals surface area contributed by atoms with Gasteiger partial charge >= 0.3 is 0 Å². The van der Waals surface area contributed by atoms with Crippen molar-refractivity contribution in [2.45, 2.75) is 45.6 Å². The van der Waals surface area contributed by atoms with Crippen molar-refractivity contribution in [1.82, 2.24) is 10.6 Å².